The number of ether oxygens (including phenoxy) is 3. The van der Waals surface area contributed by atoms with E-state index in [1.165, 1.54) is 30.7 Å². The monoisotopic (exact) mass is 540 g/mol. The van der Waals surface area contributed by atoms with Crippen LogP contribution in [0, 0.1) is 5.82 Å². The number of methoxy groups -OCH3 is 1. The lowest BCUT2D eigenvalue weighted by atomic mass is 10.0. The molecule has 1 fully saturated rings. The average molecular weight is 541 g/mol. The molecule has 38 heavy (non-hydrogen) atoms. The maximum atomic E-state index is 14.5. The Labute approximate surface area is 219 Å². The number of carbonyl (C=O) groups excluding carboxylic acids is 4. The van der Waals surface area contributed by atoms with Crippen LogP contribution in [0.5, 0.6) is 11.5 Å². The molecule has 2 N–H and O–H groups in total. The van der Waals surface area contributed by atoms with Crippen molar-refractivity contribution in [1.29, 1.82) is 0 Å². The summed E-state index contributed by atoms with van der Waals surface area (Å²) in [4.78, 5) is 56.5. The minimum atomic E-state index is -1.42. The van der Waals surface area contributed by atoms with Crippen LogP contribution < -0.4 is 20.1 Å². The van der Waals surface area contributed by atoms with Crippen LogP contribution in [-0.2, 0) is 20.7 Å². The molecule has 0 radical (unpaired) electrons. The van der Waals surface area contributed by atoms with Crippen molar-refractivity contribution in [3.05, 3.63) is 70.5 Å². The highest BCUT2D eigenvalue weighted by molar-refractivity contribution is 7.14. The molecule has 1 aromatic heterocycles. The minimum Gasteiger partial charge on any atom is -0.486 e. The number of benzene rings is 2. The average Bonchev–Trinajstić information content (AvgIpc) is 3.51. The number of urea groups is 1. The second kappa shape index (κ2) is 10.5. The van der Waals surface area contributed by atoms with Crippen molar-refractivity contribution in [3.63, 3.8) is 0 Å². The lowest BCUT2D eigenvalue weighted by molar-refractivity contribution is -0.134. The van der Waals surface area contributed by atoms with Gasteiger partial charge in [-0.05, 0) is 29.3 Å². The van der Waals surface area contributed by atoms with Crippen LogP contribution in [0.1, 0.15) is 27.7 Å². The molecule has 4 amide bonds. The van der Waals surface area contributed by atoms with Crippen LogP contribution in [0.25, 0.3) is 0 Å². The number of hydrogen-bond donors (Lipinski definition) is 2. The first-order valence-electron chi connectivity index (χ1n) is 11.5. The van der Waals surface area contributed by atoms with E-state index < -0.39 is 41.7 Å². The summed E-state index contributed by atoms with van der Waals surface area (Å²) in [6.07, 6.45) is -0.291. The van der Waals surface area contributed by atoms with Crippen molar-refractivity contribution in [2.75, 3.05) is 25.6 Å². The number of nitrogens with zero attached hydrogens (tertiary/aromatic N) is 2. The maximum absolute atomic E-state index is 14.5. The van der Waals surface area contributed by atoms with Gasteiger partial charge in [0.05, 0.1) is 7.11 Å². The Kier molecular flexibility index (Phi) is 6.92. The molecule has 196 valence electrons. The highest BCUT2D eigenvalue weighted by Crippen LogP contribution is 2.35. The number of anilines is 1. The van der Waals surface area contributed by atoms with Gasteiger partial charge in [-0.2, -0.15) is 0 Å². The molecule has 2 aliphatic heterocycles. The summed E-state index contributed by atoms with van der Waals surface area (Å²) < 4.78 is 30.2. The third-order valence-corrected chi connectivity index (χ3v) is 6.74. The normalized spacial score (nSPS) is 17.1. The molecule has 0 bridgehead atoms. The third kappa shape index (κ3) is 4.87. The summed E-state index contributed by atoms with van der Waals surface area (Å²) in [5.41, 5.74) is 0.542. The largest absolute Gasteiger partial charge is 0.486 e. The van der Waals surface area contributed by atoms with Crippen LogP contribution in [0.4, 0.5) is 14.3 Å². The number of esters is 1. The molecule has 0 aliphatic carbocycles. The van der Waals surface area contributed by atoms with E-state index in [0.29, 0.717) is 30.3 Å². The number of amides is 4. The van der Waals surface area contributed by atoms with E-state index in [2.05, 4.69) is 20.4 Å². The van der Waals surface area contributed by atoms with Crippen molar-refractivity contribution in [2.45, 2.75) is 18.5 Å². The van der Waals surface area contributed by atoms with Gasteiger partial charge in [0.1, 0.15) is 31.1 Å². The fraction of sp³-hybridized carbons (Fsp3) is 0.240. The maximum Gasteiger partial charge on any atom is 0.357 e. The zero-order chi connectivity index (χ0) is 26.8. The number of hydrogen-bond acceptors (Lipinski definition) is 9. The van der Waals surface area contributed by atoms with Crippen LogP contribution in [0.15, 0.2) is 47.8 Å². The zero-order valence-corrected chi connectivity index (χ0v) is 20.7. The van der Waals surface area contributed by atoms with E-state index in [1.807, 2.05) is 0 Å². The van der Waals surface area contributed by atoms with Crippen LogP contribution >= 0.6 is 11.3 Å². The van der Waals surface area contributed by atoms with Gasteiger partial charge >= 0.3 is 12.0 Å². The fourth-order valence-electron chi connectivity index (χ4n) is 4.15. The van der Waals surface area contributed by atoms with Crippen molar-refractivity contribution < 1.29 is 37.8 Å². The predicted molar refractivity (Wildman–Crippen MR) is 132 cm³/mol. The van der Waals surface area contributed by atoms with Crippen LogP contribution in [-0.4, -0.2) is 60.1 Å². The molecule has 1 saturated heterocycles. The standard InChI is InChI=1S/C25H21FN4O7S/c1-35-23(33)16-12-38-24(27-16)29-21(31)17(10-13-4-2-3-5-15(13)26)30-22(32)20(28-25(30)34)14-6-7-18-19(11-14)37-9-8-36-18/h2-7,11-12,17,20H,8-10H2,1H3,(H,28,34)(H,27,29,31)/t17-,20?/m0/s1. The molecule has 13 heteroatoms. The SMILES string of the molecule is COC(=O)c1csc(NC(=O)[C@H](Cc2ccccc2F)N2C(=O)NC(c3ccc4c(c3)OCCO4)C2=O)n1. The Balaban J connectivity index is 1.44. The first-order valence-corrected chi connectivity index (χ1v) is 12.3. The van der Waals surface area contributed by atoms with Gasteiger partial charge in [0.25, 0.3) is 5.91 Å². The van der Waals surface area contributed by atoms with Crippen molar-refractivity contribution in [2.24, 2.45) is 0 Å². The number of rotatable bonds is 7. The van der Waals surface area contributed by atoms with E-state index in [4.69, 9.17) is 9.47 Å². The van der Waals surface area contributed by atoms with Gasteiger partial charge in [-0.1, -0.05) is 24.3 Å². The van der Waals surface area contributed by atoms with Gasteiger partial charge in [-0.25, -0.2) is 23.9 Å². The van der Waals surface area contributed by atoms with E-state index in [-0.39, 0.29) is 22.8 Å². The van der Waals surface area contributed by atoms with Crippen molar-refractivity contribution in [1.82, 2.24) is 15.2 Å². The van der Waals surface area contributed by atoms with E-state index in [0.717, 1.165) is 16.2 Å². The summed E-state index contributed by atoms with van der Waals surface area (Å²) in [5, 5.41) is 6.55. The number of halogens is 1. The lowest BCUT2D eigenvalue weighted by Crippen LogP contribution is -2.49. The van der Waals surface area contributed by atoms with Gasteiger partial charge in [-0.3, -0.25) is 9.59 Å². The van der Waals surface area contributed by atoms with Crippen molar-refractivity contribution in [3.8, 4) is 11.5 Å². The molecule has 3 heterocycles. The van der Waals surface area contributed by atoms with Gasteiger partial charge in [-0.15, -0.1) is 11.3 Å². The summed E-state index contributed by atoms with van der Waals surface area (Å²) in [6, 6.07) is 7.27. The molecule has 0 saturated carbocycles. The minimum absolute atomic E-state index is 0.0212. The van der Waals surface area contributed by atoms with Crippen LogP contribution in [0.3, 0.4) is 0 Å². The molecule has 2 aliphatic rings. The smallest absolute Gasteiger partial charge is 0.357 e. The van der Waals surface area contributed by atoms with Gasteiger partial charge < -0.3 is 24.8 Å². The van der Waals surface area contributed by atoms with Gasteiger partial charge in [0, 0.05) is 11.8 Å². The number of imide groups is 1. The molecule has 5 rings (SSSR count). The zero-order valence-electron chi connectivity index (χ0n) is 19.9. The quantitative estimate of drug-likeness (QED) is 0.345. The molecule has 11 nitrogen and oxygen atoms in total. The second-order valence-corrected chi connectivity index (χ2v) is 9.18. The Morgan fingerprint density at radius 2 is 1.97 bits per heavy atom. The Hall–Kier alpha value is -4.52. The summed E-state index contributed by atoms with van der Waals surface area (Å²) in [5.74, 6) is -1.83. The summed E-state index contributed by atoms with van der Waals surface area (Å²) in [6.45, 7) is 0.735. The first kappa shape index (κ1) is 25.1. The van der Waals surface area contributed by atoms with Gasteiger partial charge in [0.15, 0.2) is 22.3 Å². The molecule has 3 aromatic rings. The summed E-state index contributed by atoms with van der Waals surface area (Å²) in [7, 11) is 1.19. The number of carbonyl (C=O) groups is 4. The molecule has 2 atom stereocenters. The highest BCUT2D eigenvalue weighted by Gasteiger charge is 2.46. The second-order valence-electron chi connectivity index (χ2n) is 8.32. The molecule has 2 aromatic carbocycles. The molecule has 1 unspecified atom stereocenters. The first-order chi connectivity index (χ1) is 18.4. The Bertz CT molecular complexity index is 1430. The molecular formula is C25H21FN4O7S. The van der Waals surface area contributed by atoms with E-state index in [9.17, 15) is 23.6 Å². The Morgan fingerprint density at radius 3 is 2.74 bits per heavy atom. The number of fused-ring (bicyclic) bond motifs is 1. The van der Waals surface area contributed by atoms with E-state index >= 15 is 0 Å². The fourth-order valence-corrected chi connectivity index (χ4v) is 4.83. The molecular weight excluding hydrogens is 519 g/mol. The van der Waals surface area contributed by atoms with Crippen LogP contribution in [0.2, 0.25) is 0 Å². The van der Waals surface area contributed by atoms with E-state index in [1.54, 1.807) is 24.3 Å². The van der Waals surface area contributed by atoms with Crippen molar-refractivity contribution >= 4 is 40.3 Å². The van der Waals surface area contributed by atoms with Gasteiger partial charge in [0.2, 0.25) is 5.91 Å². The predicted octanol–water partition coefficient (Wildman–Crippen LogP) is 2.68. The number of nitrogens with one attached hydrogen (secondary N) is 2. The highest BCUT2D eigenvalue weighted by atomic mass is 32.1. The Morgan fingerprint density at radius 1 is 1.21 bits per heavy atom. The lowest BCUT2D eigenvalue weighted by Gasteiger charge is -2.24. The number of aromatic nitrogens is 1. The molecule has 0 spiro atoms. The topological polar surface area (TPSA) is 136 Å². The third-order valence-electron chi connectivity index (χ3n) is 5.98. The number of thiazole rings is 1. The summed E-state index contributed by atoms with van der Waals surface area (Å²) >= 11 is 0.955.